The van der Waals surface area contributed by atoms with E-state index < -0.39 is 5.60 Å². The standard InChI is InChI=1S/C24H38N2O3/c1-19-11-15-26(16-12-19)14-5-17-29-22-9-7-21(8-10-22)25-23(27)24(28-3)13-4-6-20(2)18-24/h7-10,19-20H,4-6,11-18H2,1-3H3,(H,25,27)/t20-,24+/m1/s1. The van der Waals surface area contributed by atoms with E-state index in [4.69, 9.17) is 9.47 Å². The van der Waals surface area contributed by atoms with Gasteiger partial charge in [-0.2, -0.15) is 0 Å². The van der Waals surface area contributed by atoms with E-state index in [0.717, 1.165) is 56.2 Å². The molecule has 1 aliphatic carbocycles. The van der Waals surface area contributed by atoms with Gasteiger partial charge in [-0.15, -0.1) is 0 Å². The highest BCUT2D eigenvalue weighted by Crippen LogP contribution is 2.35. The van der Waals surface area contributed by atoms with Gasteiger partial charge < -0.3 is 19.7 Å². The fourth-order valence-electron chi connectivity index (χ4n) is 4.63. The second kappa shape index (κ2) is 10.4. The highest BCUT2D eigenvalue weighted by atomic mass is 16.5. The van der Waals surface area contributed by atoms with Gasteiger partial charge in [-0.1, -0.05) is 20.3 Å². The molecule has 1 saturated heterocycles. The third kappa shape index (κ3) is 6.19. The molecule has 2 atom stereocenters. The molecule has 1 N–H and O–H groups in total. The minimum absolute atomic E-state index is 0.0314. The molecule has 1 amide bonds. The van der Waals surface area contributed by atoms with E-state index in [1.54, 1.807) is 7.11 Å². The number of benzene rings is 1. The highest BCUT2D eigenvalue weighted by Gasteiger charge is 2.41. The summed E-state index contributed by atoms with van der Waals surface area (Å²) < 4.78 is 11.6. The zero-order valence-corrected chi connectivity index (χ0v) is 18.4. The van der Waals surface area contributed by atoms with Crippen molar-refractivity contribution in [3.63, 3.8) is 0 Å². The van der Waals surface area contributed by atoms with Crippen LogP contribution >= 0.6 is 0 Å². The fraction of sp³-hybridized carbons (Fsp3) is 0.708. The van der Waals surface area contributed by atoms with Gasteiger partial charge in [0.2, 0.25) is 0 Å². The van der Waals surface area contributed by atoms with Crippen LogP contribution in [-0.4, -0.2) is 49.8 Å². The first-order chi connectivity index (χ1) is 14.0. The number of hydrogen-bond acceptors (Lipinski definition) is 4. The topological polar surface area (TPSA) is 50.8 Å². The molecule has 0 spiro atoms. The minimum Gasteiger partial charge on any atom is -0.494 e. The molecule has 1 heterocycles. The first-order valence-corrected chi connectivity index (χ1v) is 11.3. The van der Waals surface area contributed by atoms with E-state index in [0.29, 0.717) is 5.92 Å². The molecule has 1 aromatic rings. The Labute approximate surface area is 176 Å². The molecule has 1 aromatic carbocycles. The number of piperidine rings is 1. The first-order valence-electron chi connectivity index (χ1n) is 11.3. The second-order valence-electron chi connectivity index (χ2n) is 9.10. The van der Waals surface area contributed by atoms with Gasteiger partial charge in [0, 0.05) is 19.3 Å². The third-order valence-corrected chi connectivity index (χ3v) is 6.64. The van der Waals surface area contributed by atoms with Gasteiger partial charge in [0.25, 0.3) is 5.91 Å². The van der Waals surface area contributed by atoms with E-state index in [2.05, 4.69) is 24.1 Å². The summed E-state index contributed by atoms with van der Waals surface area (Å²) in [4.78, 5) is 15.4. The Morgan fingerprint density at radius 1 is 1.14 bits per heavy atom. The molecule has 5 nitrogen and oxygen atoms in total. The van der Waals surface area contributed by atoms with Crippen LogP contribution in [0.4, 0.5) is 5.69 Å². The van der Waals surface area contributed by atoms with Crippen LogP contribution in [0.1, 0.15) is 58.8 Å². The molecule has 0 aromatic heterocycles. The predicted octanol–water partition coefficient (Wildman–Crippen LogP) is 4.72. The zero-order chi connectivity index (χ0) is 20.7. The summed E-state index contributed by atoms with van der Waals surface area (Å²) >= 11 is 0. The van der Waals surface area contributed by atoms with Gasteiger partial charge in [-0.3, -0.25) is 4.79 Å². The van der Waals surface area contributed by atoms with Crippen LogP contribution in [0.5, 0.6) is 5.75 Å². The first kappa shape index (κ1) is 22.1. The van der Waals surface area contributed by atoms with Crippen molar-refractivity contribution in [2.75, 3.05) is 38.7 Å². The lowest BCUT2D eigenvalue weighted by Gasteiger charge is -2.37. The van der Waals surface area contributed by atoms with Gasteiger partial charge in [-0.05, 0) is 87.7 Å². The third-order valence-electron chi connectivity index (χ3n) is 6.64. The molecule has 1 saturated carbocycles. The Hall–Kier alpha value is -1.59. The molecular weight excluding hydrogens is 364 g/mol. The Morgan fingerprint density at radius 2 is 1.86 bits per heavy atom. The summed E-state index contributed by atoms with van der Waals surface area (Å²) in [6.45, 7) is 8.81. The molecular formula is C24H38N2O3. The largest absolute Gasteiger partial charge is 0.494 e. The van der Waals surface area contributed by atoms with E-state index in [-0.39, 0.29) is 5.91 Å². The monoisotopic (exact) mass is 402 g/mol. The molecule has 0 bridgehead atoms. The van der Waals surface area contributed by atoms with Crippen molar-refractivity contribution in [3.8, 4) is 5.75 Å². The maximum atomic E-state index is 12.9. The fourth-order valence-corrected chi connectivity index (χ4v) is 4.63. The normalized spacial score (nSPS) is 26.2. The van der Waals surface area contributed by atoms with Crippen LogP contribution < -0.4 is 10.1 Å². The van der Waals surface area contributed by atoms with Crippen LogP contribution in [0.2, 0.25) is 0 Å². The average Bonchev–Trinajstić information content (AvgIpc) is 2.73. The molecule has 2 aliphatic rings. The summed E-state index contributed by atoms with van der Waals surface area (Å²) in [5.74, 6) is 2.21. The summed E-state index contributed by atoms with van der Waals surface area (Å²) in [7, 11) is 1.65. The SMILES string of the molecule is CO[C@@]1(C(=O)Nc2ccc(OCCCN3CCC(C)CC3)cc2)CCC[C@@H](C)C1. The molecule has 1 aliphatic heterocycles. The zero-order valence-electron chi connectivity index (χ0n) is 18.4. The Morgan fingerprint density at radius 3 is 2.52 bits per heavy atom. The number of nitrogens with zero attached hydrogens (tertiary/aromatic N) is 1. The summed E-state index contributed by atoms with van der Waals surface area (Å²) in [5.41, 5.74) is 0.0958. The molecule has 5 heteroatoms. The number of amides is 1. The molecule has 2 fully saturated rings. The summed E-state index contributed by atoms with van der Waals surface area (Å²) in [6, 6.07) is 7.69. The maximum absolute atomic E-state index is 12.9. The van der Waals surface area contributed by atoms with E-state index in [1.807, 2.05) is 24.3 Å². The molecule has 29 heavy (non-hydrogen) atoms. The van der Waals surface area contributed by atoms with Crippen molar-refractivity contribution in [2.24, 2.45) is 11.8 Å². The van der Waals surface area contributed by atoms with Crippen molar-refractivity contribution in [1.82, 2.24) is 4.90 Å². The van der Waals surface area contributed by atoms with Crippen LogP contribution in [-0.2, 0) is 9.53 Å². The molecule has 0 unspecified atom stereocenters. The van der Waals surface area contributed by atoms with Crippen LogP contribution in [0.15, 0.2) is 24.3 Å². The second-order valence-corrected chi connectivity index (χ2v) is 9.10. The Bertz CT molecular complexity index is 640. The smallest absolute Gasteiger partial charge is 0.256 e. The Balaban J connectivity index is 1.42. The van der Waals surface area contributed by atoms with Crippen molar-refractivity contribution < 1.29 is 14.3 Å². The van der Waals surface area contributed by atoms with Gasteiger partial charge >= 0.3 is 0 Å². The number of hydrogen-bond donors (Lipinski definition) is 1. The molecule has 3 rings (SSSR count). The van der Waals surface area contributed by atoms with Crippen molar-refractivity contribution in [1.29, 1.82) is 0 Å². The number of anilines is 1. The van der Waals surface area contributed by atoms with Gasteiger partial charge in [0.05, 0.1) is 6.61 Å². The number of likely N-dealkylation sites (tertiary alicyclic amines) is 1. The number of carbonyl (C=O) groups excluding carboxylic acids is 1. The van der Waals surface area contributed by atoms with Gasteiger partial charge in [0.1, 0.15) is 11.4 Å². The lowest BCUT2D eigenvalue weighted by molar-refractivity contribution is -0.143. The number of methoxy groups -OCH3 is 1. The number of rotatable bonds is 8. The summed E-state index contributed by atoms with van der Waals surface area (Å²) in [5, 5.41) is 3.04. The predicted molar refractivity (Wildman–Crippen MR) is 117 cm³/mol. The van der Waals surface area contributed by atoms with E-state index >= 15 is 0 Å². The maximum Gasteiger partial charge on any atom is 0.256 e. The summed E-state index contributed by atoms with van der Waals surface area (Å²) in [6.07, 6.45) is 7.45. The van der Waals surface area contributed by atoms with E-state index in [1.165, 1.54) is 32.4 Å². The lowest BCUT2D eigenvalue weighted by atomic mass is 9.78. The minimum atomic E-state index is -0.695. The van der Waals surface area contributed by atoms with Crippen LogP contribution in [0, 0.1) is 11.8 Å². The number of ether oxygens (including phenoxy) is 2. The van der Waals surface area contributed by atoms with Crippen molar-refractivity contribution >= 4 is 11.6 Å². The van der Waals surface area contributed by atoms with E-state index in [9.17, 15) is 4.79 Å². The molecule has 0 radical (unpaired) electrons. The Kier molecular flexibility index (Phi) is 7.96. The molecule has 162 valence electrons. The highest BCUT2D eigenvalue weighted by molar-refractivity contribution is 5.97. The van der Waals surface area contributed by atoms with Crippen LogP contribution in [0.25, 0.3) is 0 Å². The average molecular weight is 403 g/mol. The van der Waals surface area contributed by atoms with Crippen molar-refractivity contribution in [3.05, 3.63) is 24.3 Å². The number of nitrogens with one attached hydrogen (secondary N) is 1. The van der Waals surface area contributed by atoms with Gasteiger partial charge in [-0.25, -0.2) is 0 Å². The quantitative estimate of drug-likeness (QED) is 0.639. The van der Waals surface area contributed by atoms with Gasteiger partial charge in [0.15, 0.2) is 0 Å². The lowest BCUT2D eigenvalue weighted by Crippen LogP contribution is -2.47. The van der Waals surface area contributed by atoms with Crippen molar-refractivity contribution in [2.45, 2.75) is 64.4 Å². The van der Waals surface area contributed by atoms with Crippen LogP contribution in [0.3, 0.4) is 0 Å². The number of carbonyl (C=O) groups is 1.